The van der Waals surface area contributed by atoms with Gasteiger partial charge in [0.15, 0.2) is 0 Å². The molecule has 5 fully saturated rings. The average Bonchev–Trinajstić information content (AvgIpc) is 3.62. The van der Waals surface area contributed by atoms with Crippen molar-refractivity contribution < 1.29 is 9.53 Å². The maximum Gasteiger partial charge on any atom is 0.312 e. The summed E-state index contributed by atoms with van der Waals surface area (Å²) >= 11 is 0. The van der Waals surface area contributed by atoms with E-state index in [4.69, 9.17) is 4.74 Å². The highest BCUT2D eigenvalue weighted by molar-refractivity contribution is 5.77. The number of allylic oxidation sites excluding steroid dienone is 1. The number of ether oxygens (including phenoxy) is 1. The molecule has 1 saturated heterocycles. The molecule has 2 bridgehead atoms. The van der Waals surface area contributed by atoms with Crippen LogP contribution in [0.15, 0.2) is 40.8 Å². The second-order valence-corrected chi connectivity index (χ2v) is 10.9. The molecule has 2 heterocycles. The fraction of sp³-hybridized carbons (Fsp3) is 0.607. The van der Waals surface area contributed by atoms with Crippen molar-refractivity contribution in [2.24, 2.45) is 17.3 Å². The number of carbonyl (C=O) groups is 1. The highest BCUT2D eigenvalue weighted by Gasteiger charge is 2.73. The molecule has 1 aromatic carbocycles. The Hall–Kier alpha value is -2.63. The molecule has 2 unspecified atom stereocenters. The first-order valence-electron chi connectivity index (χ1n) is 13.1. The molecule has 0 radical (unpaired) electrons. The zero-order chi connectivity index (χ0) is 23.4. The molecule has 0 N–H and O–H groups in total. The zero-order valence-corrected chi connectivity index (χ0v) is 20.3. The molecule has 4 atom stereocenters. The number of benzene rings is 1. The van der Waals surface area contributed by atoms with E-state index in [2.05, 4.69) is 23.0 Å². The summed E-state index contributed by atoms with van der Waals surface area (Å²) in [6.07, 6.45) is 11.3. The van der Waals surface area contributed by atoms with E-state index in [0.29, 0.717) is 12.6 Å². The molecule has 1 aliphatic heterocycles. The Labute approximate surface area is 201 Å². The van der Waals surface area contributed by atoms with Gasteiger partial charge in [-0.2, -0.15) is 0 Å². The van der Waals surface area contributed by atoms with Gasteiger partial charge in [0, 0.05) is 18.6 Å². The van der Waals surface area contributed by atoms with Crippen molar-refractivity contribution in [3.8, 4) is 0 Å². The molecule has 180 valence electrons. The third kappa shape index (κ3) is 3.40. The Morgan fingerprint density at radius 3 is 2.79 bits per heavy atom. The van der Waals surface area contributed by atoms with Crippen LogP contribution in [0.1, 0.15) is 70.5 Å². The standard InChI is InChI=1S/C28H35N3O3/c1-3-34-26(32)16-24-27(33)31(25-10-5-4-9-23(25)29-24)18(2)14-19-8-6-7-13-30(19)17-20-21-15-22(20)28(21)11-12-28/h4-5,9-10,17-19,21-22H,3,6-8,11-16H2,1-2H3/t18-,19-,21?,22?/m0/s1. The maximum absolute atomic E-state index is 13.5. The largest absolute Gasteiger partial charge is 0.466 e. The van der Waals surface area contributed by atoms with Gasteiger partial charge in [-0.15, -0.1) is 0 Å². The number of carbonyl (C=O) groups excluding carboxylic acids is 1. The predicted molar refractivity (Wildman–Crippen MR) is 131 cm³/mol. The lowest BCUT2D eigenvalue weighted by Crippen LogP contribution is -2.56. The van der Waals surface area contributed by atoms with Crippen LogP contribution in [0.4, 0.5) is 0 Å². The Balaban J connectivity index is 1.27. The number of hydrogen-bond donors (Lipinski definition) is 0. The van der Waals surface area contributed by atoms with Crippen LogP contribution in [-0.4, -0.2) is 39.6 Å². The molecular formula is C28H35N3O3. The first-order chi connectivity index (χ1) is 16.5. The van der Waals surface area contributed by atoms with Crippen molar-refractivity contribution in [1.82, 2.24) is 14.5 Å². The van der Waals surface area contributed by atoms with Gasteiger partial charge in [-0.05, 0) is 99.9 Å². The van der Waals surface area contributed by atoms with Crippen molar-refractivity contribution in [3.63, 3.8) is 0 Å². The van der Waals surface area contributed by atoms with E-state index >= 15 is 0 Å². The third-order valence-electron chi connectivity index (χ3n) is 9.01. The molecule has 4 saturated carbocycles. The summed E-state index contributed by atoms with van der Waals surface area (Å²) in [5, 5.41) is 0. The van der Waals surface area contributed by atoms with Gasteiger partial charge < -0.3 is 14.2 Å². The first-order valence-corrected chi connectivity index (χ1v) is 13.1. The molecule has 5 aliphatic rings. The number of hydrogen-bond acceptors (Lipinski definition) is 5. The molecule has 7 rings (SSSR count). The lowest BCUT2D eigenvalue weighted by Gasteiger charge is -2.63. The lowest BCUT2D eigenvalue weighted by molar-refractivity contribution is -0.142. The number of fused-ring (bicyclic) bond motifs is 1. The van der Waals surface area contributed by atoms with Crippen LogP contribution >= 0.6 is 0 Å². The van der Waals surface area contributed by atoms with Gasteiger partial charge in [0.25, 0.3) is 5.56 Å². The van der Waals surface area contributed by atoms with E-state index in [1.165, 1.54) is 38.5 Å². The number of likely N-dealkylation sites (tertiary alicyclic amines) is 1. The minimum absolute atomic E-state index is 0.0102. The Morgan fingerprint density at radius 2 is 2.06 bits per heavy atom. The summed E-state index contributed by atoms with van der Waals surface area (Å²) in [7, 11) is 0. The van der Waals surface area contributed by atoms with Crippen molar-refractivity contribution in [2.75, 3.05) is 13.2 Å². The Kier molecular flexibility index (Phi) is 5.30. The van der Waals surface area contributed by atoms with Gasteiger partial charge in [-0.3, -0.25) is 9.59 Å². The van der Waals surface area contributed by atoms with Gasteiger partial charge in [-0.1, -0.05) is 12.1 Å². The lowest BCUT2D eigenvalue weighted by atomic mass is 9.42. The SMILES string of the molecule is CCOC(=O)Cc1nc2ccccc2n([C@@H](C)C[C@@H]2CCCCN2C=C2C3CC2C32CC2)c1=O. The summed E-state index contributed by atoms with van der Waals surface area (Å²) in [4.78, 5) is 32.8. The van der Waals surface area contributed by atoms with E-state index < -0.39 is 5.97 Å². The smallest absolute Gasteiger partial charge is 0.312 e. The first kappa shape index (κ1) is 21.9. The zero-order valence-electron chi connectivity index (χ0n) is 20.3. The Morgan fingerprint density at radius 1 is 1.26 bits per heavy atom. The van der Waals surface area contributed by atoms with Gasteiger partial charge in [0.05, 0.1) is 24.1 Å². The molecule has 1 aromatic heterocycles. The summed E-state index contributed by atoms with van der Waals surface area (Å²) in [5.41, 5.74) is 4.14. The summed E-state index contributed by atoms with van der Waals surface area (Å²) in [5.74, 6) is 1.34. The van der Waals surface area contributed by atoms with E-state index in [1.807, 2.05) is 28.8 Å². The van der Waals surface area contributed by atoms with Crippen LogP contribution < -0.4 is 5.56 Å². The molecule has 2 aromatic rings. The maximum atomic E-state index is 13.5. The fourth-order valence-electron chi connectivity index (χ4n) is 6.97. The highest BCUT2D eigenvalue weighted by Crippen LogP contribution is 2.82. The summed E-state index contributed by atoms with van der Waals surface area (Å²) < 4.78 is 6.96. The van der Waals surface area contributed by atoms with E-state index in [9.17, 15) is 9.59 Å². The van der Waals surface area contributed by atoms with Gasteiger partial charge in [0.1, 0.15) is 5.69 Å². The molecule has 0 amide bonds. The van der Waals surface area contributed by atoms with Gasteiger partial charge in [-0.25, -0.2) is 4.98 Å². The Bertz CT molecular complexity index is 1200. The number of esters is 1. The van der Waals surface area contributed by atoms with Crippen molar-refractivity contribution in [2.45, 2.75) is 77.3 Å². The molecular weight excluding hydrogens is 426 g/mol. The monoisotopic (exact) mass is 461 g/mol. The van der Waals surface area contributed by atoms with Gasteiger partial charge in [0.2, 0.25) is 0 Å². The van der Waals surface area contributed by atoms with Crippen LogP contribution in [0.25, 0.3) is 11.0 Å². The van der Waals surface area contributed by atoms with E-state index in [0.717, 1.165) is 41.2 Å². The minimum Gasteiger partial charge on any atom is -0.466 e. The number of piperidine rings is 1. The molecule has 6 heteroatoms. The molecule has 4 aliphatic carbocycles. The van der Waals surface area contributed by atoms with Crippen LogP contribution in [0.5, 0.6) is 0 Å². The number of para-hydroxylation sites is 2. The predicted octanol–water partition coefficient (Wildman–Crippen LogP) is 4.62. The minimum atomic E-state index is -0.404. The summed E-state index contributed by atoms with van der Waals surface area (Å²) in [6, 6.07) is 8.21. The van der Waals surface area contributed by atoms with E-state index in [1.54, 1.807) is 12.5 Å². The van der Waals surface area contributed by atoms with Crippen molar-refractivity contribution in [1.29, 1.82) is 0 Å². The van der Waals surface area contributed by atoms with Crippen LogP contribution in [0.3, 0.4) is 0 Å². The van der Waals surface area contributed by atoms with Crippen molar-refractivity contribution in [3.05, 3.63) is 52.1 Å². The van der Waals surface area contributed by atoms with Gasteiger partial charge >= 0.3 is 5.97 Å². The fourth-order valence-corrected chi connectivity index (χ4v) is 6.97. The quantitative estimate of drug-likeness (QED) is 0.563. The normalized spacial score (nSPS) is 27.2. The molecule has 34 heavy (non-hydrogen) atoms. The highest BCUT2D eigenvalue weighted by atomic mass is 16.5. The number of nitrogens with zero attached hydrogens (tertiary/aromatic N) is 3. The van der Waals surface area contributed by atoms with Crippen LogP contribution in [0.2, 0.25) is 0 Å². The van der Waals surface area contributed by atoms with Crippen molar-refractivity contribution >= 4 is 17.0 Å². The summed E-state index contributed by atoms with van der Waals surface area (Å²) in [6.45, 7) is 5.33. The van der Waals surface area contributed by atoms with Crippen LogP contribution in [0, 0.1) is 17.3 Å². The van der Waals surface area contributed by atoms with Crippen LogP contribution in [-0.2, 0) is 16.0 Å². The second-order valence-electron chi connectivity index (χ2n) is 10.9. The average molecular weight is 462 g/mol. The third-order valence-corrected chi connectivity index (χ3v) is 9.01. The number of aromatic nitrogens is 2. The molecule has 6 nitrogen and oxygen atoms in total. The number of rotatable bonds is 7. The second kappa shape index (κ2) is 8.24. The van der Waals surface area contributed by atoms with E-state index in [-0.39, 0.29) is 23.7 Å². The topological polar surface area (TPSA) is 64.4 Å². The molecule has 1 spiro atoms.